The number of amides is 2. The van der Waals surface area contributed by atoms with E-state index in [9.17, 15) is 19.8 Å². The molecular formula is C19H38ClN3O4. The largest absolute Gasteiger partial charge is 0.383 e. The fourth-order valence-electron chi connectivity index (χ4n) is 2.59. The molecule has 0 aromatic rings. The van der Waals surface area contributed by atoms with E-state index in [2.05, 4.69) is 17.6 Å². The summed E-state index contributed by atoms with van der Waals surface area (Å²) in [5, 5.41) is 24.6. The monoisotopic (exact) mass is 407 g/mol. The van der Waals surface area contributed by atoms with Gasteiger partial charge in [0.1, 0.15) is 12.2 Å². The molecule has 6 N–H and O–H groups in total. The molecule has 0 unspecified atom stereocenters. The first kappa shape index (κ1) is 26.1. The first-order valence-corrected chi connectivity index (χ1v) is 10.0. The zero-order chi connectivity index (χ0) is 19.7. The molecule has 0 spiro atoms. The number of nitrogens with one attached hydrogen (secondary N) is 2. The summed E-state index contributed by atoms with van der Waals surface area (Å²) in [6.07, 6.45) is 5.81. The zero-order valence-corrected chi connectivity index (χ0v) is 17.6. The normalized spacial score (nSPS) is 20.1. The van der Waals surface area contributed by atoms with Crippen molar-refractivity contribution in [2.24, 2.45) is 11.7 Å². The van der Waals surface area contributed by atoms with Gasteiger partial charge in [0.25, 0.3) is 5.91 Å². The molecule has 0 aromatic carbocycles. The smallest absolute Gasteiger partial charge is 0.250 e. The standard InChI is InChI=1S/C10H19NO2.C9H18N2O2.ClH/c1-3-4-7(2)9(12)10(13)11-8-5-6-8;1-2-3-7(10)8(12)9(13)11-6-4-5-6;/h7-9,12H,3-6H2,1-2H3,(H,11,13);6-8,12H,2-5,10H2,1H3,(H,11,13);1H/t7-,9-;7-,8-;/m00./s1. The second kappa shape index (κ2) is 13.3. The maximum atomic E-state index is 11.3. The van der Waals surface area contributed by atoms with E-state index in [1.165, 1.54) is 0 Å². The molecule has 2 amide bonds. The van der Waals surface area contributed by atoms with E-state index in [4.69, 9.17) is 5.73 Å². The van der Waals surface area contributed by atoms with Gasteiger partial charge in [-0.05, 0) is 44.4 Å². The van der Waals surface area contributed by atoms with Gasteiger partial charge in [-0.15, -0.1) is 12.4 Å². The van der Waals surface area contributed by atoms with E-state index in [0.29, 0.717) is 12.5 Å². The highest BCUT2D eigenvalue weighted by Crippen LogP contribution is 2.20. The van der Waals surface area contributed by atoms with Gasteiger partial charge in [0.05, 0.1) is 0 Å². The molecule has 2 aliphatic rings. The summed E-state index contributed by atoms with van der Waals surface area (Å²) in [6, 6.07) is 0.204. The van der Waals surface area contributed by atoms with Crippen molar-refractivity contribution in [2.45, 2.75) is 102 Å². The molecule has 2 aliphatic carbocycles. The van der Waals surface area contributed by atoms with Crippen LogP contribution in [-0.4, -0.2) is 52.4 Å². The van der Waals surface area contributed by atoms with Gasteiger partial charge >= 0.3 is 0 Å². The van der Waals surface area contributed by atoms with Gasteiger partial charge in [-0.3, -0.25) is 9.59 Å². The second-order valence-corrected chi connectivity index (χ2v) is 7.67. The van der Waals surface area contributed by atoms with E-state index in [1.807, 2.05) is 13.8 Å². The van der Waals surface area contributed by atoms with Crippen LogP contribution in [0, 0.1) is 5.92 Å². The van der Waals surface area contributed by atoms with Crippen molar-refractivity contribution in [2.75, 3.05) is 0 Å². The third-order valence-corrected chi connectivity index (χ3v) is 4.70. The Labute approximate surface area is 169 Å². The highest BCUT2D eigenvalue weighted by Gasteiger charge is 2.29. The maximum Gasteiger partial charge on any atom is 0.250 e. The van der Waals surface area contributed by atoms with E-state index >= 15 is 0 Å². The number of nitrogens with two attached hydrogens (primary N) is 1. The minimum atomic E-state index is -1.04. The molecule has 2 fully saturated rings. The number of carbonyl (C=O) groups excluding carboxylic acids is 2. The predicted molar refractivity (Wildman–Crippen MR) is 109 cm³/mol. The average Bonchev–Trinajstić information content (AvgIpc) is 3.51. The summed E-state index contributed by atoms with van der Waals surface area (Å²) < 4.78 is 0. The summed E-state index contributed by atoms with van der Waals surface area (Å²) in [6.45, 7) is 5.95. The Balaban J connectivity index is 0.000000483. The Bertz CT molecular complexity index is 405. The van der Waals surface area contributed by atoms with E-state index in [-0.39, 0.29) is 36.2 Å². The summed E-state index contributed by atoms with van der Waals surface area (Å²) in [4.78, 5) is 22.6. The van der Waals surface area contributed by atoms with Gasteiger partial charge in [-0.2, -0.15) is 0 Å². The summed E-state index contributed by atoms with van der Waals surface area (Å²) in [5.74, 6) is -0.435. The molecule has 0 saturated heterocycles. The first-order valence-electron chi connectivity index (χ1n) is 10.0. The van der Waals surface area contributed by atoms with Crippen LogP contribution in [0.25, 0.3) is 0 Å². The quantitative estimate of drug-likeness (QED) is 0.372. The number of rotatable bonds is 10. The van der Waals surface area contributed by atoms with Gasteiger partial charge in [0.2, 0.25) is 5.91 Å². The van der Waals surface area contributed by atoms with Crippen molar-refractivity contribution in [1.82, 2.24) is 10.6 Å². The fourth-order valence-corrected chi connectivity index (χ4v) is 2.59. The van der Waals surface area contributed by atoms with Gasteiger partial charge < -0.3 is 26.6 Å². The van der Waals surface area contributed by atoms with Gasteiger partial charge in [-0.1, -0.05) is 33.6 Å². The average molecular weight is 408 g/mol. The van der Waals surface area contributed by atoms with Crippen LogP contribution in [0.4, 0.5) is 0 Å². The third-order valence-electron chi connectivity index (χ3n) is 4.70. The zero-order valence-electron chi connectivity index (χ0n) is 16.8. The van der Waals surface area contributed by atoms with Gasteiger partial charge in [-0.25, -0.2) is 0 Å². The number of hydrogen-bond acceptors (Lipinski definition) is 5. The van der Waals surface area contributed by atoms with Gasteiger partial charge in [0.15, 0.2) is 0 Å². The van der Waals surface area contributed by atoms with E-state index in [0.717, 1.165) is 44.9 Å². The molecule has 0 heterocycles. The highest BCUT2D eigenvalue weighted by atomic mass is 35.5. The van der Waals surface area contributed by atoms with Crippen molar-refractivity contribution >= 4 is 24.2 Å². The van der Waals surface area contributed by atoms with Gasteiger partial charge in [0, 0.05) is 18.1 Å². The summed E-state index contributed by atoms with van der Waals surface area (Å²) in [7, 11) is 0. The van der Waals surface area contributed by atoms with Crippen LogP contribution >= 0.6 is 12.4 Å². The number of aliphatic hydroxyl groups is 2. The lowest BCUT2D eigenvalue weighted by Gasteiger charge is -2.17. The van der Waals surface area contributed by atoms with Crippen LogP contribution in [0.2, 0.25) is 0 Å². The van der Waals surface area contributed by atoms with Crippen LogP contribution < -0.4 is 16.4 Å². The Hall–Kier alpha value is -0.890. The van der Waals surface area contributed by atoms with Crippen LogP contribution in [0.5, 0.6) is 0 Å². The number of hydrogen-bond donors (Lipinski definition) is 5. The van der Waals surface area contributed by atoms with Crippen molar-refractivity contribution in [3.8, 4) is 0 Å². The lowest BCUT2D eigenvalue weighted by atomic mass is 9.99. The Morgan fingerprint density at radius 3 is 1.70 bits per heavy atom. The minimum Gasteiger partial charge on any atom is -0.383 e. The summed E-state index contributed by atoms with van der Waals surface area (Å²) >= 11 is 0. The fraction of sp³-hybridized carbons (Fsp3) is 0.895. The molecule has 0 aromatic heterocycles. The van der Waals surface area contributed by atoms with Crippen LogP contribution in [0.15, 0.2) is 0 Å². The molecule has 160 valence electrons. The molecule has 8 heteroatoms. The lowest BCUT2D eigenvalue weighted by molar-refractivity contribution is -0.132. The molecule has 2 saturated carbocycles. The number of aliphatic hydroxyl groups excluding tert-OH is 2. The van der Waals surface area contributed by atoms with Crippen molar-refractivity contribution < 1.29 is 19.8 Å². The third kappa shape index (κ3) is 10.9. The molecule has 0 radical (unpaired) electrons. The van der Waals surface area contributed by atoms with Crippen molar-refractivity contribution in [3.63, 3.8) is 0 Å². The Morgan fingerprint density at radius 1 is 0.926 bits per heavy atom. The SMILES string of the molecule is CCC[C@H](C)[C@H](O)C(=O)NC1CC1.CCC[C@H](N)[C@H](O)C(=O)NC1CC1.Cl. The van der Waals surface area contributed by atoms with E-state index in [1.54, 1.807) is 0 Å². The molecule has 7 nitrogen and oxygen atoms in total. The Kier molecular flexibility index (Phi) is 12.9. The second-order valence-electron chi connectivity index (χ2n) is 7.67. The number of halogens is 1. The first-order chi connectivity index (χ1) is 12.3. The van der Waals surface area contributed by atoms with Crippen LogP contribution in [-0.2, 0) is 9.59 Å². The van der Waals surface area contributed by atoms with Crippen molar-refractivity contribution in [3.05, 3.63) is 0 Å². The molecule has 4 atom stereocenters. The highest BCUT2D eigenvalue weighted by molar-refractivity contribution is 5.85. The molecule has 27 heavy (non-hydrogen) atoms. The van der Waals surface area contributed by atoms with Crippen LogP contribution in [0.1, 0.15) is 72.1 Å². The molecule has 2 rings (SSSR count). The van der Waals surface area contributed by atoms with Crippen molar-refractivity contribution in [1.29, 1.82) is 0 Å². The predicted octanol–water partition coefficient (Wildman–Crippen LogP) is 1.24. The topological polar surface area (TPSA) is 125 Å². The summed E-state index contributed by atoms with van der Waals surface area (Å²) in [5.41, 5.74) is 5.61. The minimum absolute atomic E-state index is 0. The molecule has 0 bridgehead atoms. The lowest BCUT2D eigenvalue weighted by Crippen LogP contribution is -2.46. The number of carbonyl (C=O) groups is 2. The van der Waals surface area contributed by atoms with Crippen LogP contribution in [0.3, 0.4) is 0 Å². The molecular weight excluding hydrogens is 370 g/mol. The maximum absolute atomic E-state index is 11.3. The van der Waals surface area contributed by atoms with E-state index < -0.39 is 18.2 Å². The Morgan fingerprint density at radius 2 is 1.33 bits per heavy atom. The molecule has 0 aliphatic heterocycles.